The topological polar surface area (TPSA) is 65.1 Å². The van der Waals surface area contributed by atoms with Crippen LogP contribution >= 0.6 is 47.2 Å². The number of anilines is 1. The van der Waals surface area contributed by atoms with Crippen molar-refractivity contribution in [3.05, 3.63) is 56.9 Å². The first-order valence-corrected chi connectivity index (χ1v) is 11.0. The van der Waals surface area contributed by atoms with Gasteiger partial charge in [-0.2, -0.15) is 0 Å². The number of halogens is 2. The van der Waals surface area contributed by atoms with Gasteiger partial charge in [-0.05, 0) is 55.0 Å². The number of nitrogens with zero attached hydrogens (tertiary/aromatic N) is 1. The summed E-state index contributed by atoms with van der Waals surface area (Å²) in [6.45, 7) is 1.63. The van der Waals surface area contributed by atoms with Gasteiger partial charge >= 0.3 is 5.97 Å². The molecule has 0 spiro atoms. The molecule has 10 heteroatoms. The summed E-state index contributed by atoms with van der Waals surface area (Å²) in [7, 11) is 1.57. The van der Waals surface area contributed by atoms with Crippen molar-refractivity contribution in [3.8, 4) is 11.5 Å². The summed E-state index contributed by atoms with van der Waals surface area (Å²) in [4.78, 5) is 26.3. The largest absolute Gasteiger partial charge is 0.497 e. The molecule has 162 valence electrons. The number of ether oxygens (including phenoxy) is 3. The van der Waals surface area contributed by atoms with E-state index in [1.165, 1.54) is 16.7 Å². The fraction of sp³-hybridized carbons (Fsp3) is 0.190. The van der Waals surface area contributed by atoms with Gasteiger partial charge < -0.3 is 14.2 Å². The Balaban J connectivity index is 1.80. The summed E-state index contributed by atoms with van der Waals surface area (Å²) >= 11 is 19.1. The Kier molecular flexibility index (Phi) is 7.83. The van der Waals surface area contributed by atoms with Gasteiger partial charge in [-0.25, -0.2) is 4.79 Å². The van der Waals surface area contributed by atoms with Crippen molar-refractivity contribution in [3.63, 3.8) is 0 Å². The number of benzene rings is 2. The Morgan fingerprint density at radius 3 is 2.42 bits per heavy atom. The second-order valence-corrected chi connectivity index (χ2v) is 8.61. The molecule has 31 heavy (non-hydrogen) atoms. The van der Waals surface area contributed by atoms with E-state index in [-0.39, 0.29) is 34.9 Å². The highest BCUT2D eigenvalue weighted by Gasteiger charge is 2.33. The molecule has 0 atom stereocenters. The smallest absolute Gasteiger partial charge is 0.344 e. The number of thioether (sulfide) groups is 1. The van der Waals surface area contributed by atoms with Gasteiger partial charge in [0.1, 0.15) is 5.75 Å². The van der Waals surface area contributed by atoms with Crippen LogP contribution in [-0.2, 0) is 14.3 Å². The molecule has 1 aliphatic rings. The zero-order chi connectivity index (χ0) is 22.5. The molecular weight excluding hydrogens is 481 g/mol. The molecule has 3 rings (SSSR count). The predicted molar refractivity (Wildman–Crippen MR) is 127 cm³/mol. The highest BCUT2D eigenvalue weighted by molar-refractivity contribution is 8.27. The van der Waals surface area contributed by atoms with E-state index in [1.807, 2.05) is 0 Å². The molecule has 1 saturated heterocycles. The van der Waals surface area contributed by atoms with Crippen LogP contribution in [0.3, 0.4) is 0 Å². The van der Waals surface area contributed by atoms with Crippen molar-refractivity contribution in [2.45, 2.75) is 6.92 Å². The molecule has 1 amide bonds. The maximum Gasteiger partial charge on any atom is 0.344 e. The van der Waals surface area contributed by atoms with Gasteiger partial charge in [0.2, 0.25) is 0 Å². The van der Waals surface area contributed by atoms with Crippen molar-refractivity contribution in [1.82, 2.24) is 0 Å². The normalized spacial score (nSPS) is 14.8. The van der Waals surface area contributed by atoms with E-state index in [0.29, 0.717) is 26.2 Å². The highest BCUT2D eigenvalue weighted by atomic mass is 35.5. The lowest BCUT2D eigenvalue weighted by Gasteiger charge is -2.14. The fourth-order valence-electron chi connectivity index (χ4n) is 2.71. The molecule has 0 aliphatic carbocycles. The first-order chi connectivity index (χ1) is 14.8. The van der Waals surface area contributed by atoms with Crippen molar-refractivity contribution in [1.29, 1.82) is 0 Å². The molecular formula is C21H17Cl2NO5S2. The molecule has 0 radical (unpaired) electrons. The third kappa shape index (κ3) is 5.51. The number of hydrogen-bond acceptors (Lipinski definition) is 7. The van der Waals surface area contributed by atoms with E-state index in [4.69, 9.17) is 49.6 Å². The van der Waals surface area contributed by atoms with Crippen LogP contribution in [0.5, 0.6) is 11.5 Å². The van der Waals surface area contributed by atoms with Crippen molar-refractivity contribution in [2.75, 3.05) is 25.2 Å². The van der Waals surface area contributed by atoms with E-state index in [9.17, 15) is 9.59 Å². The number of carbonyl (C=O) groups is 2. The van der Waals surface area contributed by atoms with Gasteiger partial charge in [0.25, 0.3) is 5.91 Å². The van der Waals surface area contributed by atoms with Crippen molar-refractivity contribution < 1.29 is 23.8 Å². The van der Waals surface area contributed by atoms with Crippen LogP contribution in [-0.4, -0.2) is 36.5 Å². The lowest BCUT2D eigenvalue weighted by Crippen LogP contribution is -2.27. The van der Waals surface area contributed by atoms with E-state index in [0.717, 1.165) is 0 Å². The summed E-state index contributed by atoms with van der Waals surface area (Å²) in [5.41, 5.74) is 1.24. The average Bonchev–Trinajstić information content (AvgIpc) is 3.00. The monoisotopic (exact) mass is 497 g/mol. The summed E-state index contributed by atoms with van der Waals surface area (Å²) in [5.74, 6) is 0.0644. The number of carbonyl (C=O) groups excluding carboxylic acids is 2. The number of rotatable bonds is 7. The van der Waals surface area contributed by atoms with Crippen LogP contribution in [0.2, 0.25) is 10.0 Å². The van der Waals surface area contributed by atoms with Gasteiger partial charge in [0.05, 0.1) is 34.4 Å². The van der Waals surface area contributed by atoms with Crippen molar-refractivity contribution in [2.24, 2.45) is 0 Å². The molecule has 2 aromatic rings. The molecule has 0 saturated carbocycles. The molecule has 0 N–H and O–H groups in total. The second-order valence-electron chi connectivity index (χ2n) is 6.12. The Morgan fingerprint density at radius 1 is 1.19 bits per heavy atom. The predicted octanol–water partition coefficient (Wildman–Crippen LogP) is 5.35. The van der Waals surface area contributed by atoms with Crippen LogP contribution in [0, 0.1) is 0 Å². The molecule has 1 aliphatic heterocycles. The lowest BCUT2D eigenvalue weighted by molar-refractivity contribution is -0.145. The summed E-state index contributed by atoms with van der Waals surface area (Å²) in [6.07, 6.45) is 1.65. The Hall–Kier alpha value is -2.26. The number of amides is 1. The zero-order valence-corrected chi connectivity index (χ0v) is 19.7. The lowest BCUT2D eigenvalue weighted by atomic mass is 10.2. The molecule has 1 heterocycles. The average molecular weight is 498 g/mol. The molecule has 0 aromatic heterocycles. The minimum absolute atomic E-state index is 0.166. The SMILES string of the molecule is CCOC(=O)COc1c(Cl)cc(/C=C2/SC(=S)N(c3ccc(OC)cc3)C2=O)cc1Cl. The summed E-state index contributed by atoms with van der Waals surface area (Å²) in [5, 5.41) is 0.405. The number of thiocarbonyl (C=S) groups is 1. The number of methoxy groups -OCH3 is 1. The highest BCUT2D eigenvalue weighted by Crippen LogP contribution is 2.39. The third-order valence-electron chi connectivity index (χ3n) is 4.08. The molecule has 1 fully saturated rings. The Labute approximate surface area is 199 Å². The first-order valence-electron chi connectivity index (χ1n) is 9.03. The Bertz CT molecular complexity index is 1030. The maximum absolute atomic E-state index is 12.9. The summed E-state index contributed by atoms with van der Waals surface area (Å²) < 4.78 is 15.7. The summed E-state index contributed by atoms with van der Waals surface area (Å²) in [6, 6.07) is 10.2. The molecule has 0 unspecified atom stereocenters. The van der Waals surface area contributed by atoms with Crippen LogP contribution in [0.25, 0.3) is 6.08 Å². The zero-order valence-electron chi connectivity index (χ0n) is 16.5. The molecule has 2 aromatic carbocycles. The van der Waals surface area contributed by atoms with Crippen LogP contribution < -0.4 is 14.4 Å². The number of esters is 1. The van der Waals surface area contributed by atoms with Gasteiger partial charge in [-0.1, -0.05) is 47.2 Å². The minimum atomic E-state index is -0.527. The van der Waals surface area contributed by atoms with Gasteiger partial charge in [0.15, 0.2) is 16.7 Å². The third-order valence-corrected chi connectivity index (χ3v) is 5.95. The van der Waals surface area contributed by atoms with Crippen LogP contribution in [0.1, 0.15) is 12.5 Å². The van der Waals surface area contributed by atoms with E-state index in [2.05, 4.69) is 0 Å². The van der Waals surface area contributed by atoms with Crippen LogP contribution in [0.15, 0.2) is 41.3 Å². The Morgan fingerprint density at radius 2 is 1.84 bits per heavy atom. The minimum Gasteiger partial charge on any atom is -0.497 e. The quantitative estimate of drug-likeness (QED) is 0.290. The molecule has 6 nitrogen and oxygen atoms in total. The fourth-order valence-corrected chi connectivity index (χ4v) is 4.62. The van der Waals surface area contributed by atoms with Crippen LogP contribution in [0.4, 0.5) is 5.69 Å². The second kappa shape index (κ2) is 10.4. The molecule has 0 bridgehead atoms. The van der Waals surface area contributed by atoms with Gasteiger partial charge in [-0.3, -0.25) is 9.69 Å². The van der Waals surface area contributed by atoms with Crippen molar-refractivity contribution >= 4 is 75.1 Å². The van der Waals surface area contributed by atoms with Gasteiger partial charge in [0, 0.05) is 0 Å². The van der Waals surface area contributed by atoms with Gasteiger partial charge in [-0.15, -0.1) is 0 Å². The number of hydrogen-bond donors (Lipinski definition) is 0. The maximum atomic E-state index is 12.9. The first kappa shape index (κ1) is 23.4. The standard InChI is InChI=1S/C21H17Cl2NO5S2/c1-3-28-18(25)11-29-19-15(22)8-12(9-16(19)23)10-17-20(26)24(21(30)31-17)13-4-6-14(27-2)7-5-13/h4-10H,3,11H2,1-2H3/b17-10+. The van der Waals surface area contributed by atoms with E-state index >= 15 is 0 Å². The van der Waals surface area contributed by atoms with E-state index in [1.54, 1.807) is 56.5 Å². The van der Waals surface area contributed by atoms with E-state index < -0.39 is 5.97 Å².